The largest absolute Gasteiger partial charge is 0.339 e. The Morgan fingerprint density at radius 2 is 1.83 bits per heavy atom. The van der Waals surface area contributed by atoms with E-state index in [1.807, 2.05) is 4.90 Å². The summed E-state index contributed by atoms with van der Waals surface area (Å²) >= 11 is 0. The SMILES string of the molecule is CC(C)[C@@H]1CCCN(C(=O)c2ccc(CS(C)(=O)=O)cc2)CC1. The molecule has 0 unspecified atom stereocenters. The average molecular weight is 337 g/mol. The lowest BCUT2D eigenvalue weighted by atomic mass is 9.89. The number of sulfone groups is 1. The number of nitrogens with zero attached hydrogens (tertiary/aromatic N) is 1. The molecule has 0 saturated carbocycles. The first-order valence-corrected chi connectivity index (χ1v) is 10.4. The highest BCUT2D eigenvalue weighted by Gasteiger charge is 2.23. The van der Waals surface area contributed by atoms with Crippen molar-refractivity contribution < 1.29 is 13.2 Å². The van der Waals surface area contributed by atoms with Gasteiger partial charge in [0.15, 0.2) is 9.84 Å². The van der Waals surface area contributed by atoms with Crippen LogP contribution in [0.3, 0.4) is 0 Å². The van der Waals surface area contributed by atoms with Crippen LogP contribution in [0.25, 0.3) is 0 Å². The van der Waals surface area contributed by atoms with Crippen LogP contribution >= 0.6 is 0 Å². The lowest BCUT2D eigenvalue weighted by molar-refractivity contribution is 0.0759. The predicted molar refractivity (Wildman–Crippen MR) is 93.1 cm³/mol. The van der Waals surface area contributed by atoms with Gasteiger partial charge < -0.3 is 4.90 Å². The highest BCUT2D eigenvalue weighted by Crippen LogP contribution is 2.25. The third kappa shape index (κ3) is 5.34. The van der Waals surface area contributed by atoms with Crippen LogP contribution < -0.4 is 0 Å². The van der Waals surface area contributed by atoms with Crippen molar-refractivity contribution in [2.45, 2.75) is 38.9 Å². The van der Waals surface area contributed by atoms with Crippen molar-refractivity contribution >= 4 is 15.7 Å². The van der Waals surface area contributed by atoms with Gasteiger partial charge in [-0.15, -0.1) is 0 Å². The second-order valence-corrected chi connectivity index (χ2v) is 9.13. The molecule has 1 saturated heterocycles. The molecule has 1 amide bonds. The summed E-state index contributed by atoms with van der Waals surface area (Å²) in [5, 5.41) is 0. The number of carbonyl (C=O) groups is 1. The molecule has 1 heterocycles. The van der Waals surface area contributed by atoms with Crippen molar-refractivity contribution in [1.29, 1.82) is 0 Å². The minimum atomic E-state index is -3.05. The smallest absolute Gasteiger partial charge is 0.253 e. The molecule has 128 valence electrons. The van der Waals surface area contributed by atoms with Crippen molar-refractivity contribution in [3.05, 3.63) is 35.4 Å². The second kappa shape index (κ2) is 7.47. The maximum Gasteiger partial charge on any atom is 0.253 e. The maximum absolute atomic E-state index is 12.6. The van der Waals surface area contributed by atoms with Gasteiger partial charge in [-0.1, -0.05) is 26.0 Å². The van der Waals surface area contributed by atoms with E-state index in [0.29, 0.717) is 17.4 Å². The van der Waals surface area contributed by atoms with Gasteiger partial charge in [-0.05, 0) is 48.8 Å². The summed E-state index contributed by atoms with van der Waals surface area (Å²) in [7, 11) is -3.05. The Morgan fingerprint density at radius 3 is 2.39 bits per heavy atom. The average Bonchev–Trinajstić information content (AvgIpc) is 2.71. The minimum absolute atomic E-state index is 0.0151. The molecular weight excluding hydrogens is 310 g/mol. The summed E-state index contributed by atoms with van der Waals surface area (Å²) in [5.74, 6) is 1.44. The quantitative estimate of drug-likeness (QED) is 0.848. The van der Waals surface area contributed by atoms with Gasteiger partial charge in [0, 0.05) is 24.9 Å². The van der Waals surface area contributed by atoms with Crippen LogP contribution in [0, 0.1) is 11.8 Å². The molecule has 1 aliphatic heterocycles. The van der Waals surface area contributed by atoms with E-state index in [4.69, 9.17) is 0 Å². The minimum Gasteiger partial charge on any atom is -0.339 e. The van der Waals surface area contributed by atoms with E-state index in [1.54, 1.807) is 24.3 Å². The fourth-order valence-corrected chi connectivity index (χ4v) is 4.02. The molecule has 1 aromatic carbocycles. The Labute approximate surface area is 139 Å². The lowest BCUT2D eigenvalue weighted by Crippen LogP contribution is -2.32. The van der Waals surface area contributed by atoms with E-state index in [-0.39, 0.29) is 11.7 Å². The molecule has 0 spiro atoms. The molecule has 1 fully saturated rings. The van der Waals surface area contributed by atoms with Gasteiger partial charge in [0.1, 0.15) is 0 Å². The summed E-state index contributed by atoms with van der Waals surface area (Å²) in [6.07, 6.45) is 4.53. The zero-order chi connectivity index (χ0) is 17.0. The Kier molecular flexibility index (Phi) is 5.84. The van der Waals surface area contributed by atoms with E-state index in [2.05, 4.69) is 13.8 Å². The predicted octanol–water partition coefficient (Wildman–Crippen LogP) is 3.13. The van der Waals surface area contributed by atoms with Crippen LogP contribution in [0.5, 0.6) is 0 Å². The second-order valence-electron chi connectivity index (χ2n) is 6.99. The van der Waals surface area contributed by atoms with Crippen LogP contribution in [0.1, 0.15) is 49.0 Å². The van der Waals surface area contributed by atoms with Crippen LogP contribution in [0.2, 0.25) is 0 Å². The summed E-state index contributed by atoms with van der Waals surface area (Å²) < 4.78 is 22.6. The molecule has 1 atom stereocenters. The molecule has 0 N–H and O–H groups in total. The number of amides is 1. The molecule has 0 bridgehead atoms. The highest BCUT2D eigenvalue weighted by atomic mass is 32.2. The number of rotatable bonds is 4. The van der Waals surface area contributed by atoms with E-state index in [1.165, 1.54) is 12.7 Å². The molecule has 0 aromatic heterocycles. The van der Waals surface area contributed by atoms with E-state index in [0.717, 1.165) is 31.5 Å². The third-order valence-electron chi connectivity index (χ3n) is 4.63. The first-order valence-electron chi connectivity index (χ1n) is 8.32. The zero-order valence-corrected chi connectivity index (χ0v) is 15.1. The fraction of sp³-hybridized carbons (Fsp3) is 0.611. The standard InChI is InChI=1S/C18H27NO3S/c1-14(2)16-5-4-11-19(12-10-16)18(20)17-8-6-15(7-9-17)13-23(3,21)22/h6-9,14,16H,4-5,10-13H2,1-3H3/t16-/m1/s1. The molecule has 2 rings (SSSR count). The summed E-state index contributed by atoms with van der Waals surface area (Å²) in [6, 6.07) is 6.97. The maximum atomic E-state index is 12.6. The van der Waals surface area contributed by atoms with Crippen LogP contribution in [0.15, 0.2) is 24.3 Å². The van der Waals surface area contributed by atoms with Crippen LogP contribution in [0.4, 0.5) is 0 Å². The van der Waals surface area contributed by atoms with Gasteiger partial charge in [0.2, 0.25) is 0 Å². The summed E-state index contributed by atoms with van der Waals surface area (Å²) in [5.41, 5.74) is 1.37. The van der Waals surface area contributed by atoms with Gasteiger partial charge in [-0.2, -0.15) is 0 Å². The van der Waals surface area contributed by atoms with E-state index < -0.39 is 9.84 Å². The molecule has 1 aromatic rings. The van der Waals surface area contributed by atoms with Gasteiger partial charge in [-0.3, -0.25) is 4.79 Å². The van der Waals surface area contributed by atoms with Crippen molar-refractivity contribution in [2.24, 2.45) is 11.8 Å². The van der Waals surface area contributed by atoms with Gasteiger partial charge in [-0.25, -0.2) is 8.42 Å². The molecule has 0 aliphatic carbocycles. The first kappa shape index (κ1) is 18.0. The number of benzene rings is 1. The monoisotopic (exact) mass is 337 g/mol. The van der Waals surface area contributed by atoms with Crippen LogP contribution in [-0.2, 0) is 15.6 Å². The Balaban J connectivity index is 2.02. The Hall–Kier alpha value is -1.36. The van der Waals surface area contributed by atoms with Crippen molar-refractivity contribution in [3.63, 3.8) is 0 Å². The third-order valence-corrected chi connectivity index (χ3v) is 5.49. The number of hydrogen-bond donors (Lipinski definition) is 0. The number of carbonyl (C=O) groups excluding carboxylic acids is 1. The molecule has 4 nitrogen and oxygen atoms in total. The van der Waals surface area contributed by atoms with Gasteiger partial charge >= 0.3 is 0 Å². The lowest BCUT2D eigenvalue weighted by Gasteiger charge is -2.21. The zero-order valence-electron chi connectivity index (χ0n) is 14.3. The van der Waals surface area contributed by atoms with E-state index in [9.17, 15) is 13.2 Å². The van der Waals surface area contributed by atoms with Crippen molar-refractivity contribution in [3.8, 4) is 0 Å². The summed E-state index contributed by atoms with van der Waals surface area (Å²) in [6.45, 7) is 6.13. The molecular formula is C18H27NO3S. The normalized spacial score (nSPS) is 19.7. The van der Waals surface area contributed by atoms with Crippen LogP contribution in [-0.4, -0.2) is 38.6 Å². The van der Waals surface area contributed by atoms with Gasteiger partial charge in [0.05, 0.1) is 5.75 Å². The number of likely N-dealkylation sites (tertiary alicyclic amines) is 1. The van der Waals surface area contributed by atoms with Crippen molar-refractivity contribution in [2.75, 3.05) is 19.3 Å². The Morgan fingerprint density at radius 1 is 1.17 bits per heavy atom. The first-order chi connectivity index (χ1) is 10.8. The molecule has 0 radical (unpaired) electrons. The summed E-state index contributed by atoms with van der Waals surface area (Å²) in [4.78, 5) is 14.6. The number of hydrogen-bond acceptors (Lipinski definition) is 3. The molecule has 23 heavy (non-hydrogen) atoms. The molecule has 1 aliphatic rings. The topological polar surface area (TPSA) is 54.5 Å². The molecule has 5 heteroatoms. The van der Waals surface area contributed by atoms with Crippen molar-refractivity contribution in [1.82, 2.24) is 4.90 Å². The fourth-order valence-electron chi connectivity index (χ4n) is 3.22. The highest BCUT2D eigenvalue weighted by molar-refractivity contribution is 7.89. The van der Waals surface area contributed by atoms with E-state index >= 15 is 0 Å². The Bertz CT molecular complexity index is 635. The van der Waals surface area contributed by atoms with Gasteiger partial charge in [0.25, 0.3) is 5.91 Å².